The maximum absolute atomic E-state index is 14.0. The molecule has 1 aromatic carbocycles. The number of anilines is 1. The van der Waals surface area contributed by atoms with E-state index in [2.05, 4.69) is 4.74 Å². The molecule has 1 aromatic rings. The molecule has 15 heteroatoms. The van der Waals surface area contributed by atoms with Crippen LogP contribution in [0.3, 0.4) is 0 Å². The fourth-order valence-electron chi connectivity index (χ4n) is 1.65. The van der Waals surface area contributed by atoms with Crippen LogP contribution in [-0.4, -0.2) is 42.8 Å². The van der Waals surface area contributed by atoms with E-state index in [0.29, 0.717) is 0 Å². The molecule has 0 heterocycles. The summed E-state index contributed by atoms with van der Waals surface area (Å²) < 4.78 is 147. The SMILES string of the molecule is CCOc1ccc(NC(=O)[C@](F)(OC(F)(F)C(F)(F)C(F)(F)F)C(F)(F)F)cc1. The second kappa shape index (κ2) is 7.84. The summed E-state index contributed by atoms with van der Waals surface area (Å²) in [5.41, 5.74) is -0.667. The Labute approximate surface area is 154 Å². The number of carbonyl (C=O) groups is 1. The summed E-state index contributed by atoms with van der Waals surface area (Å²) in [4.78, 5) is 11.5. The molecule has 0 bridgehead atoms. The number of nitrogens with one attached hydrogen (secondary N) is 1. The molecule has 0 aliphatic rings. The standard InChI is InChI=1S/C14H10F11NO3/c1-2-28-8-5-3-7(4-6-8)26-9(27)10(15,12(18,19)20)29-14(24,25)11(16,17)13(21,22)23/h3-6H,2H2,1H3,(H,26,27)/t10-/m0/s1. The number of amides is 1. The molecular formula is C14H10F11NO3. The summed E-state index contributed by atoms with van der Waals surface area (Å²) in [7, 11) is 0. The highest BCUT2D eigenvalue weighted by Crippen LogP contribution is 2.51. The molecule has 0 aromatic heterocycles. The zero-order chi connectivity index (χ0) is 22.9. The van der Waals surface area contributed by atoms with Crippen LogP contribution < -0.4 is 10.1 Å². The van der Waals surface area contributed by atoms with E-state index in [4.69, 9.17) is 4.74 Å². The van der Waals surface area contributed by atoms with Crippen molar-refractivity contribution < 1.29 is 62.6 Å². The first kappa shape index (κ1) is 24.7. The highest BCUT2D eigenvalue weighted by molar-refractivity contribution is 5.96. The molecule has 0 saturated carbocycles. The second-order valence-electron chi connectivity index (χ2n) is 5.20. The van der Waals surface area contributed by atoms with Gasteiger partial charge in [0.05, 0.1) is 6.61 Å². The molecule has 0 unspecified atom stereocenters. The first-order valence-electron chi connectivity index (χ1n) is 7.21. The topological polar surface area (TPSA) is 47.6 Å². The third-order valence-electron chi connectivity index (χ3n) is 3.07. The van der Waals surface area contributed by atoms with Gasteiger partial charge in [-0.2, -0.15) is 48.3 Å². The van der Waals surface area contributed by atoms with Gasteiger partial charge in [0.15, 0.2) is 0 Å². The monoisotopic (exact) mass is 449 g/mol. The van der Waals surface area contributed by atoms with E-state index in [1.54, 1.807) is 6.92 Å². The summed E-state index contributed by atoms with van der Waals surface area (Å²) in [5, 5.41) is 1.10. The van der Waals surface area contributed by atoms with Gasteiger partial charge in [-0.1, -0.05) is 0 Å². The van der Waals surface area contributed by atoms with Crippen molar-refractivity contribution in [2.75, 3.05) is 11.9 Å². The number of alkyl halides is 11. The van der Waals surface area contributed by atoms with Crippen molar-refractivity contribution in [2.24, 2.45) is 0 Å². The summed E-state index contributed by atoms with van der Waals surface area (Å²) in [6.45, 7) is 1.72. The summed E-state index contributed by atoms with van der Waals surface area (Å²) in [6.07, 6.45) is -21.0. The fourth-order valence-corrected chi connectivity index (χ4v) is 1.65. The Bertz CT molecular complexity index is 715. The smallest absolute Gasteiger partial charge is 0.462 e. The molecular weight excluding hydrogens is 439 g/mol. The Morgan fingerprint density at radius 3 is 1.72 bits per heavy atom. The summed E-state index contributed by atoms with van der Waals surface area (Å²) >= 11 is 0. The average Bonchev–Trinajstić information content (AvgIpc) is 2.54. The minimum Gasteiger partial charge on any atom is -0.494 e. The number of rotatable bonds is 7. The molecule has 0 aliphatic heterocycles. The van der Waals surface area contributed by atoms with Crippen molar-refractivity contribution in [3.8, 4) is 5.75 Å². The summed E-state index contributed by atoms with van der Waals surface area (Å²) in [6, 6.07) is 3.70. The van der Waals surface area contributed by atoms with E-state index in [-0.39, 0.29) is 12.4 Å². The number of carbonyl (C=O) groups excluding carboxylic acids is 1. The molecule has 0 radical (unpaired) electrons. The molecule has 0 spiro atoms. The predicted octanol–water partition coefficient (Wildman–Crippen LogP) is 5.06. The van der Waals surface area contributed by atoms with E-state index < -0.39 is 41.8 Å². The largest absolute Gasteiger partial charge is 0.494 e. The maximum Gasteiger partial charge on any atom is 0.462 e. The van der Waals surface area contributed by atoms with E-state index in [9.17, 15) is 53.1 Å². The van der Waals surface area contributed by atoms with Gasteiger partial charge in [0, 0.05) is 5.69 Å². The van der Waals surface area contributed by atoms with Crippen LogP contribution in [-0.2, 0) is 9.53 Å². The Hall–Kier alpha value is -2.32. The van der Waals surface area contributed by atoms with Crippen molar-refractivity contribution in [3.63, 3.8) is 0 Å². The van der Waals surface area contributed by atoms with Crippen molar-refractivity contribution in [1.29, 1.82) is 0 Å². The molecule has 1 amide bonds. The van der Waals surface area contributed by atoms with Crippen LogP contribution in [0.1, 0.15) is 6.92 Å². The van der Waals surface area contributed by atoms with Gasteiger partial charge in [0.1, 0.15) is 5.75 Å². The molecule has 0 saturated heterocycles. The molecule has 1 N–H and O–H groups in total. The van der Waals surface area contributed by atoms with Gasteiger partial charge < -0.3 is 10.1 Å². The van der Waals surface area contributed by atoms with Crippen molar-refractivity contribution in [2.45, 2.75) is 37.2 Å². The molecule has 166 valence electrons. The Kier molecular flexibility index (Phi) is 6.68. The predicted molar refractivity (Wildman–Crippen MR) is 73.2 cm³/mol. The van der Waals surface area contributed by atoms with E-state index in [0.717, 1.165) is 29.6 Å². The molecule has 1 rings (SSSR count). The average molecular weight is 449 g/mol. The van der Waals surface area contributed by atoms with Crippen LogP contribution in [0.5, 0.6) is 5.75 Å². The Morgan fingerprint density at radius 2 is 1.34 bits per heavy atom. The van der Waals surface area contributed by atoms with E-state index in [1.165, 1.54) is 0 Å². The van der Waals surface area contributed by atoms with Crippen LogP contribution in [0, 0.1) is 0 Å². The van der Waals surface area contributed by atoms with Crippen LogP contribution in [0.4, 0.5) is 54.0 Å². The normalized spacial score (nSPS) is 15.6. The molecule has 4 nitrogen and oxygen atoms in total. The van der Waals surface area contributed by atoms with Crippen LogP contribution in [0.2, 0.25) is 0 Å². The zero-order valence-electron chi connectivity index (χ0n) is 13.9. The number of benzene rings is 1. The molecule has 0 fully saturated rings. The zero-order valence-corrected chi connectivity index (χ0v) is 13.9. The van der Waals surface area contributed by atoms with Crippen molar-refractivity contribution in [3.05, 3.63) is 24.3 Å². The van der Waals surface area contributed by atoms with Gasteiger partial charge >= 0.3 is 30.2 Å². The molecule has 0 aliphatic carbocycles. The maximum atomic E-state index is 14.0. The number of ether oxygens (including phenoxy) is 2. The highest BCUT2D eigenvalue weighted by Gasteiger charge is 2.79. The number of hydrogen-bond acceptors (Lipinski definition) is 3. The first-order chi connectivity index (χ1) is 12.9. The lowest BCUT2D eigenvalue weighted by atomic mass is 10.2. The second-order valence-corrected chi connectivity index (χ2v) is 5.20. The van der Waals surface area contributed by atoms with Crippen molar-refractivity contribution in [1.82, 2.24) is 0 Å². The lowest BCUT2D eigenvalue weighted by Gasteiger charge is -2.34. The Balaban J connectivity index is 3.22. The lowest BCUT2D eigenvalue weighted by molar-refractivity contribution is -0.472. The van der Waals surface area contributed by atoms with Gasteiger partial charge in [-0.3, -0.25) is 9.53 Å². The van der Waals surface area contributed by atoms with Gasteiger partial charge in [-0.25, -0.2) is 0 Å². The quantitative estimate of drug-likeness (QED) is 0.593. The minimum atomic E-state index is -7.25. The lowest BCUT2D eigenvalue weighted by Crippen LogP contribution is -2.62. The molecule has 29 heavy (non-hydrogen) atoms. The van der Waals surface area contributed by atoms with Gasteiger partial charge in [-0.15, -0.1) is 0 Å². The van der Waals surface area contributed by atoms with Gasteiger partial charge in [0.25, 0.3) is 5.91 Å². The first-order valence-corrected chi connectivity index (χ1v) is 7.21. The number of halogens is 11. The fraction of sp³-hybridized carbons (Fsp3) is 0.500. The summed E-state index contributed by atoms with van der Waals surface area (Å²) in [5.74, 6) is -16.5. The van der Waals surface area contributed by atoms with E-state index in [1.807, 2.05) is 0 Å². The van der Waals surface area contributed by atoms with E-state index >= 15 is 0 Å². The molecule has 1 atom stereocenters. The third kappa shape index (κ3) is 5.00. The van der Waals surface area contributed by atoms with Crippen LogP contribution >= 0.6 is 0 Å². The minimum absolute atomic E-state index is 0.125. The van der Waals surface area contributed by atoms with Crippen LogP contribution in [0.25, 0.3) is 0 Å². The number of hydrogen-bond donors (Lipinski definition) is 1. The van der Waals surface area contributed by atoms with Crippen molar-refractivity contribution >= 4 is 11.6 Å². The third-order valence-corrected chi connectivity index (χ3v) is 3.07. The van der Waals surface area contributed by atoms with Gasteiger partial charge in [0.2, 0.25) is 0 Å². The highest BCUT2D eigenvalue weighted by atomic mass is 19.4. The Morgan fingerprint density at radius 1 is 0.862 bits per heavy atom. The van der Waals surface area contributed by atoms with Crippen LogP contribution in [0.15, 0.2) is 24.3 Å². The van der Waals surface area contributed by atoms with Gasteiger partial charge in [-0.05, 0) is 31.2 Å².